The number of piperidine rings is 1. The van der Waals surface area contributed by atoms with Gasteiger partial charge in [-0.05, 0) is 43.5 Å². The fourth-order valence-corrected chi connectivity index (χ4v) is 3.31. The molecule has 3 nitrogen and oxygen atoms in total. The third-order valence-electron chi connectivity index (χ3n) is 4.74. The van der Waals surface area contributed by atoms with Crippen molar-refractivity contribution in [2.45, 2.75) is 24.2 Å². The molecule has 2 aliphatic rings. The Kier molecular flexibility index (Phi) is 3.61. The molecule has 1 aromatic carbocycles. The van der Waals surface area contributed by atoms with Crippen LogP contribution in [0.3, 0.4) is 0 Å². The van der Waals surface area contributed by atoms with Crippen LogP contribution < -0.4 is 5.73 Å². The molecule has 1 atom stereocenters. The van der Waals surface area contributed by atoms with Crippen LogP contribution in [0.1, 0.15) is 29.9 Å². The van der Waals surface area contributed by atoms with E-state index in [2.05, 4.69) is 36.2 Å². The van der Waals surface area contributed by atoms with Crippen LogP contribution in [0.5, 0.6) is 0 Å². The molecule has 104 valence electrons. The lowest BCUT2D eigenvalue weighted by Gasteiger charge is -2.41. The summed E-state index contributed by atoms with van der Waals surface area (Å²) in [4.78, 5) is 2.44. The van der Waals surface area contributed by atoms with Crippen molar-refractivity contribution in [2.24, 2.45) is 5.73 Å². The average molecular weight is 260 g/mol. The van der Waals surface area contributed by atoms with E-state index >= 15 is 0 Å². The number of nitrogens with zero attached hydrogens (tertiary/aromatic N) is 1. The van der Waals surface area contributed by atoms with E-state index in [1.165, 1.54) is 37.1 Å². The van der Waals surface area contributed by atoms with Gasteiger partial charge in [0.15, 0.2) is 0 Å². The van der Waals surface area contributed by atoms with E-state index in [1.807, 2.05) is 0 Å². The fraction of sp³-hybridized carbons (Fsp3) is 0.625. The number of nitrogens with two attached hydrogens (primary N) is 1. The molecule has 0 spiro atoms. The number of likely N-dealkylation sites (N-methyl/N-ethyl adjacent to an activating group) is 1. The van der Waals surface area contributed by atoms with Crippen molar-refractivity contribution in [2.75, 3.05) is 39.9 Å². The largest absolute Gasteiger partial charge is 0.379 e. The molecule has 2 heterocycles. The van der Waals surface area contributed by atoms with Crippen molar-refractivity contribution < 1.29 is 4.74 Å². The van der Waals surface area contributed by atoms with Gasteiger partial charge in [0.25, 0.3) is 0 Å². The van der Waals surface area contributed by atoms with E-state index < -0.39 is 0 Å². The van der Waals surface area contributed by atoms with Gasteiger partial charge < -0.3 is 15.4 Å². The Morgan fingerprint density at radius 3 is 2.89 bits per heavy atom. The monoisotopic (exact) mass is 260 g/mol. The van der Waals surface area contributed by atoms with Crippen molar-refractivity contribution in [1.82, 2.24) is 4.90 Å². The Labute approximate surface area is 115 Å². The summed E-state index contributed by atoms with van der Waals surface area (Å²) in [7, 11) is 2.22. The van der Waals surface area contributed by atoms with Gasteiger partial charge >= 0.3 is 0 Å². The Bertz CT molecular complexity index is 437. The van der Waals surface area contributed by atoms with Gasteiger partial charge in [0.1, 0.15) is 0 Å². The Morgan fingerprint density at radius 2 is 2.26 bits per heavy atom. The molecule has 0 aromatic heterocycles. The maximum atomic E-state index is 5.96. The Hall–Kier alpha value is -0.900. The van der Waals surface area contributed by atoms with Gasteiger partial charge in [-0.25, -0.2) is 0 Å². The highest BCUT2D eigenvalue weighted by molar-refractivity contribution is 5.34. The Balaban J connectivity index is 1.83. The molecule has 0 aliphatic carbocycles. The van der Waals surface area contributed by atoms with Crippen molar-refractivity contribution in [3.63, 3.8) is 0 Å². The van der Waals surface area contributed by atoms with E-state index in [-0.39, 0.29) is 5.41 Å². The third-order valence-corrected chi connectivity index (χ3v) is 4.74. The highest BCUT2D eigenvalue weighted by Gasteiger charge is 2.39. The van der Waals surface area contributed by atoms with Crippen LogP contribution in [0.25, 0.3) is 0 Å². The molecular formula is C16H24N2O. The van der Waals surface area contributed by atoms with E-state index in [0.29, 0.717) is 12.5 Å². The second-order valence-corrected chi connectivity index (χ2v) is 6.20. The summed E-state index contributed by atoms with van der Waals surface area (Å²) in [5.41, 5.74) is 8.89. The first-order valence-electron chi connectivity index (χ1n) is 7.30. The van der Waals surface area contributed by atoms with Gasteiger partial charge in [-0.1, -0.05) is 24.3 Å². The van der Waals surface area contributed by atoms with Gasteiger partial charge in [-0.2, -0.15) is 0 Å². The minimum atomic E-state index is 0.0799. The molecule has 0 amide bonds. The smallest absolute Gasteiger partial charge is 0.0597 e. The molecule has 2 N–H and O–H groups in total. The molecule has 2 aliphatic heterocycles. The predicted octanol–water partition coefficient (Wildman–Crippen LogP) is 1.72. The summed E-state index contributed by atoms with van der Waals surface area (Å²) in [5.74, 6) is 0.675. The van der Waals surface area contributed by atoms with Crippen LogP contribution in [-0.2, 0) is 10.2 Å². The molecule has 0 radical (unpaired) electrons. The molecule has 2 fully saturated rings. The SMILES string of the molecule is CN1CCCC(c2cccc(C3(CN)COC3)c2)C1. The molecule has 1 unspecified atom stereocenters. The third kappa shape index (κ3) is 2.42. The summed E-state index contributed by atoms with van der Waals surface area (Å²) in [6.07, 6.45) is 2.61. The zero-order chi connectivity index (χ0) is 13.3. The predicted molar refractivity (Wildman–Crippen MR) is 77.5 cm³/mol. The number of benzene rings is 1. The Morgan fingerprint density at radius 1 is 1.42 bits per heavy atom. The van der Waals surface area contributed by atoms with Gasteiger partial charge in [-0.15, -0.1) is 0 Å². The van der Waals surface area contributed by atoms with Crippen LogP contribution in [0.15, 0.2) is 24.3 Å². The second kappa shape index (κ2) is 5.23. The van der Waals surface area contributed by atoms with Crippen molar-refractivity contribution in [3.8, 4) is 0 Å². The van der Waals surface area contributed by atoms with Crippen LogP contribution in [0.2, 0.25) is 0 Å². The lowest BCUT2D eigenvalue weighted by molar-refractivity contribution is -0.0550. The molecule has 0 bridgehead atoms. The fourth-order valence-electron chi connectivity index (χ4n) is 3.31. The van der Waals surface area contributed by atoms with Crippen LogP contribution in [0.4, 0.5) is 0 Å². The molecule has 0 saturated carbocycles. The van der Waals surface area contributed by atoms with E-state index in [0.717, 1.165) is 13.2 Å². The lowest BCUT2D eigenvalue weighted by Crippen LogP contribution is -2.52. The zero-order valence-electron chi connectivity index (χ0n) is 11.8. The minimum Gasteiger partial charge on any atom is -0.379 e. The van der Waals surface area contributed by atoms with E-state index in [1.54, 1.807) is 0 Å². The van der Waals surface area contributed by atoms with Crippen LogP contribution >= 0.6 is 0 Å². The highest BCUT2D eigenvalue weighted by Crippen LogP contribution is 2.34. The number of hydrogen-bond acceptors (Lipinski definition) is 3. The zero-order valence-corrected chi connectivity index (χ0v) is 11.8. The van der Waals surface area contributed by atoms with Crippen LogP contribution in [0, 0.1) is 0 Å². The maximum Gasteiger partial charge on any atom is 0.0597 e. The molecule has 2 saturated heterocycles. The van der Waals surface area contributed by atoms with Crippen LogP contribution in [-0.4, -0.2) is 44.8 Å². The number of ether oxygens (including phenoxy) is 1. The van der Waals surface area contributed by atoms with Gasteiger partial charge in [0, 0.05) is 13.1 Å². The first kappa shape index (κ1) is 13.1. The quantitative estimate of drug-likeness (QED) is 0.899. The summed E-state index contributed by atoms with van der Waals surface area (Å²) in [6, 6.07) is 9.05. The topological polar surface area (TPSA) is 38.5 Å². The standard InChI is InChI=1S/C16H24N2O/c1-18-7-3-5-14(9-18)13-4-2-6-15(8-13)16(10-17)11-19-12-16/h2,4,6,8,14H,3,5,7,9-12,17H2,1H3. The maximum absolute atomic E-state index is 5.96. The second-order valence-electron chi connectivity index (χ2n) is 6.20. The van der Waals surface area contributed by atoms with E-state index in [9.17, 15) is 0 Å². The first-order chi connectivity index (χ1) is 9.23. The van der Waals surface area contributed by atoms with Crippen molar-refractivity contribution in [1.29, 1.82) is 0 Å². The van der Waals surface area contributed by atoms with Gasteiger partial charge in [0.05, 0.1) is 18.6 Å². The number of likely N-dealkylation sites (tertiary alicyclic amines) is 1. The van der Waals surface area contributed by atoms with Gasteiger partial charge in [0.2, 0.25) is 0 Å². The number of rotatable bonds is 3. The molecule has 3 rings (SSSR count). The average Bonchev–Trinajstić information content (AvgIpc) is 2.39. The molecule has 19 heavy (non-hydrogen) atoms. The minimum absolute atomic E-state index is 0.0799. The number of hydrogen-bond donors (Lipinski definition) is 1. The van der Waals surface area contributed by atoms with Gasteiger partial charge in [-0.3, -0.25) is 0 Å². The lowest BCUT2D eigenvalue weighted by atomic mass is 9.77. The summed E-state index contributed by atoms with van der Waals surface area (Å²) in [5, 5.41) is 0. The van der Waals surface area contributed by atoms with Crippen molar-refractivity contribution >= 4 is 0 Å². The highest BCUT2D eigenvalue weighted by atomic mass is 16.5. The summed E-state index contributed by atoms with van der Waals surface area (Å²) >= 11 is 0. The molecule has 3 heteroatoms. The molecular weight excluding hydrogens is 236 g/mol. The van der Waals surface area contributed by atoms with Crippen molar-refractivity contribution in [3.05, 3.63) is 35.4 Å². The first-order valence-corrected chi connectivity index (χ1v) is 7.30. The molecule has 1 aromatic rings. The normalized spacial score (nSPS) is 26.9. The summed E-state index contributed by atoms with van der Waals surface area (Å²) < 4.78 is 5.40. The van der Waals surface area contributed by atoms with E-state index in [4.69, 9.17) is 10.5 Å². The summed E-state index contributed by atoms with van der Waals surface area (Å²) in [6.45, 7) is 4.64.